The van der Waals surface area contributed by atoms with Crippen molar-refractivity contribution in [3.63, 3.8) is 0 Å². The summed E-state index contributed by atoms with van der Waals surface area (Å²) in [6, 6.07) is 10.1. The number of nitrogens with zero attached hydrogens (tertiary/aromatic N) is 3. The molecule has 0 atom stereocenters. The third kappa shape index (κ3) is 4.29. The Morgan fingerprint density at radius 2 is 1.92 bits per heavy atom. The molecule has 2 heterocycles. The van der Waals surface area contributed by atoms with Gasteiger partial charge < -0.3 is 19.3 Å². The average molecular weight is 357 g/mol. The number of imidazole rings is 1. The molecule has 1 aliphatic heterocycles. The fourth-order valence-corrected chi connectivity index (χ4v) is 3.26. The van der Waals surface area contributed by atoms with E-state index in [-0.39, 0.29) is 11.7 Å². The lowest BCUT2D eigenvalue weighted by Gasteiger charge is -2.30. The van der Waals surface area contributed by atoms with Crippen molar-refractivity contribution in [2.24, 2.45) is 5.92 Å². The second-order valence-corrected chi connectivity index (χ2v) is 6.34. The van der Waals surface area contributed by atoms with Crippen molar-refractivity contribution < 1.29 is 19.4 Å². The highest BCUT2D eigenvalue weighted by Crippen LogP contribution is 2.22. The fourth-order valence-electron chi connectivity index (χ4n) is 3.26. The maximum absolute atomic E-state index is 12.8. The molecule has 0 unspecified atom stereocenters. The van der Waals surface area contributed by atoms with Gasteiger partial charge in [-0.15, -0.1) is 0 Å². The van der Waals surface area contributed by atoms with Crippen LogP contribution in [-0.4, -0.2) is 51.3 Å². The van der Waals surface area contributed by atoms with E-state index in [1.54, 1.807) is 6.20 Å². The normalized spacial score (nSPS) is 15.0. The lowest BCUT2D eigenvalue weighted by molar-refractivity contribution is 0.0165. The minimum absolute atomic E-state index is 0.0261. The van der Waals surface area contributed by atoms with E-state index in [4.69, 9.17) is 5.11 Å². The summed E-state index contributed by atoms with van der Waals surface area (Å²) in [5.74, 6) is 0.363. The lowest BCUT2D eigenvalue weighted by Crippen LogP contribution is -2.41. The summed E-state index contributed by atoms with van der Waals surface area (Å²) in [7, 11) is 0. The number of Topliss-reactive ketones (excluding diaryl/α,β-unsaturated/α-hetero) is 1. The first-order chi connectivity index (χ1) is 12.7. The number of aryl methyl sites for hydroxylation is 2. The maximum Gasteiger partial charge on any atom is 0.411 e. The molecular formula is C19H23N3O4. The Bertz CT molecular complexity index is 736. The van der Waals surface area contributed by atoms with Gasteiger partial charge in [-0.3, -0.25) is 4.79 Å². The van der Waals surface area contributed by atoms with Crippen molar-refractivity contribution in [2.75, 3.05) is 19.9 Å². The number of aliphatic hydroxyl groups excluding tert-OH is 1. The standard InChI is InChI=1S/C19H23N3O4/c23-14-26-19(25)22-11-7-16(8-12-22)17(24)18-20-9-13-21(18)10-6-15-4-2-1-3-5-15/h1-5,9,13,16,23H,6-8,10-12,14H2. The van der Waals surface area contributed by atoms with Gasteiger partial charge in [0.25, 0.3) is 0 Å². The predicted octanol–water partition coefficient (Wildman–Crippen LogP) is 2.11. The Kier molecular flexibility index (Phi) is 6.01. The van der Waals surface area contributed by atoms with Crippen LogP contribution in [0.5, 0.6) is 0 Å². The first-order valence-electron chi connectivity index (χ1n) is 8.81. The zero-order valence-electron chi connectivity index (χ0n) is 14.6. The fraction of sp³-hybridized carbons (Fsp3) is 0.421. The number of aromatic nitrogens is 2. The van der Waals surface area contributed by atoms with Gasteiger partial charge in [0.15, 0.2) is 12.6 Å². The number of aliphatic hydroxyl groups is 1. The summed E-state index contributed by atoms with van der Waals surface area (Å²) in [4.78, 5) is 30.2. The molecule has 3 rings (SSSR count). The van der Waals surface area contributed by atoms with Crippen molar-refractivity contribution in [2.45, 2.75) is 25.8 Å². The maximum atomic E-state index is 12.8. The number of carbonyl (C=O) groups is 2. The molecule has 1 aromatic heterocycles. The van der Waals surface area contributed by atoms with Crippen molar-refractivity contribution >= 4 is 11.9 Å². The lowest BCUT2D eigenvalue weighted by atomic mass is 9.92. The number of piperidine rings is 1. The van der Waals surface area contributed by atoms with Crippen LogP contribution in [0.15, 0.2) is 42.7 Å². The van der Waals surface area contributed by atoms with Crippen LogP contribution >= 0.6 is 0 Å². The second kappa shape index (κ2) is 8.62. The molecule has 1 aromatic carbocycles. The monoisotopic (exact) mass is 357 g/mol. The average Bonchev–Trinajstić information content (AvgIpc) is 3.15. The first kappa shape index (κ1) is 18.1. The van der Waals surface area contributed by atoms with Gasteiger partial charge in [0, 0.05) is 37.9 Å². The van der Waals surface area contributed by atoms with E-state index < -0.39 is 12.9 Å². The quantitative estimate of drug-likeness (QED) is 0.632. The van der Waals surface area contributed by atoms with Crippen LogP contribution in [0.25, 0.3) is 0 Å². The molecule has 0 aliphatic carbocycles. The van der Waals surface area contributed by atoms with Gasteiger partial charge in [0.2, 0.25) is 5.78 Å². The van der Waals surface area contributed by atoms with Gasteiger partial charge in [0.1, 0.15) is 0 Å². The molecule has 0 saturated carbocycles. The zero-order valence-corrected chi connectivity index (χ0v) is 14.6. The van der Waals surface area contributed by atoms with Crippen molar-refractivity contribution in [3.05, 3.63) is 54.1 Å². The van der Waals surface area contributed by atoms with E-state index in [1.165, 1.54) is 10.5 Å². The van der Waals surface area contributed by atoms with Crippen LogP contribution in [0, 0.1) is 5.92 Å². The van der Waals surface area contributed by atoms with Crippen LogP contribution < -0.4 is 0 Å². The van der Waals surface area contributed by atoms with Crippen LogP contribution in [0.1, 0.15) is 29.0 Å². The Balaban J connectivity index is 1.57. The summed E-state index contributed by atoms with van der Waals surface area (Å²) in [5, 5.41) is 8.66. The second-order valence-electron chi connectivity index (χ2n) is 6.34. The molecule has 0 bridgehead atoms. The number of ether oxygens (including phenoxy) is 1. The van der Waals surface area contributed by atoms with Gasteiger partial charge in [-0.2, -0.15) is 0 Å². The number of benzene rings is 1. The first-order valence-corrected chi connectivity index (χ1v) is 8.81. The summed E-state index contributed by atoms with van der Waals surface area (Å²) in [5.41, 5.74) is 1.22. The molecule has 0 radical (unpaired) electrons. The highest BCUT2D eigenvalue weighted by Gasteiger charge is 2.30. The van der Waals surface area contributed by atoms with E-state index in [2.05, 4.69) is 21.9 Å². The Morgan fingerprint density at radius 1 is 1.19 bits per heavy atom. The Labute approximate surface area is 152 Å². The van der Waals surface area contributed by atoms with Gasteiger partial charge in [-0.05, 0) is 24.8 Å². The van der Waals surface area contributed by atoms with Gasteiger partial charge in [0.05, 0.1) is 0 Å². The highest BCUT2D eigenvalue weighted by atomic mass is 16.6. The van der Waals surface area contributed by atoms with Crippen molar-refractivity contribution in [3.8, 4) is 0 Å². The molecule has 1 N–H and O–H groups in total. The van der Waals surface area contributed by atoms with Crippen LogP contribution in [0.4, 0.5) is 4.79 Å². The largest absolute Gasteiger partial charge is 0.422 e. The number of likely N-dealkylation sites (tertiary alicyclic amines) is 1. The smallest absolute Gasteiger partial charge is 0.411 e. The zero-order chi connectivity index (χ0) is 18.4. The Morgan fingerprint density at radius 3 is 2.62 bits per heavy atom. The van der Waals surface area contributed by atoms with Crippen molar-refractivity contribution in [1.82, 2.24) is 14.5 Å². The highest BCUT2D eigenvalue weighted by molar-refractivity contribution is 5.94. The summed E-state index contributed by atoms with van der Waals surface area (Å²) < 4.78 is 6.49. The number of carbonyl (C=O) groups excluding carboxylic acids is 2. The molecule has 26 heavy (non-hydrogen) atoms. The molecule has 2 aromatic rings. The van der Waals surface area contributed by atoms with Crippen LogP contribution in [-0.2, 0) is 17.7 Å². The molecule has 0 spiro atoms. The number of rotatable bonds is 6. The minimum atomic E-state index is -0.628. The third-order valence-electron chi connectivity index (χ3n) is 4.73. The van der Waals surface area contributed by atoms with Crippen molar-refractivity contribution in [1.29, 1.82) is 0 Å². The molecule has 1 amide bonds. The molecule has 1 saturated heterocycles. The molecule has 138 valence electrons. The van der Waals surface area contributed by atoms with E-state index in [9.17, 15) is 9.59 Å². The summed E-state index contributed by atoms with van der Waals surface area (Å²) >= 11 is 0. The van der Waals surface area contributed by atoms with Gasteiger partial charge in [-0.25, -0.2) is 9.78 Å². The topological polar surface area (TPSA) is 84.7 Å². The molecule has 1 aliphatic rings. The number of hydrogen-bond acceptors (Lipinski definition) is 5. The van der Waals surface area contributed by atoms with Crippen LogP contribution in [0.2, 0.25) is 0 Å². The summed E-state index contributed by atoms with van der Waals surface area (Å²) in [6.07, 6.45) is 4.94. The number of hydrogen-bond donors (Lipinski definition) is 1. The molecular weight excluding hydrogens is 334 g/mol. The van der Waals surface area contributed by atoms with E-state index in [0.29, 0.717) is 38.3 Å². The molecule has 7 heteroatoms. The molecule has 7 nitrogen and oxygen atoms in total. The molecule has 1 fully saturated rings. The predicted molar refractivity (Wildman–Crippen MR) is 94.6 cm³/mol. The summed E-state index contributed by atoms with van der Waals surface area (Å²) in [6.45, 7) is 0.962. The van der Waals surface area contributed by atoms with E-state index in [1.807, 2.05) is 29.0 Å². The number of ketones is 1. The van der Waals surface area contributed by atoms with E-state index in [0.717, 1.165) is 6.42 Å². The van der Waals surface area contributed by atoms with Gasteiger partial charge in [-0.1, -0.05) is 30.3 Å². The van der Waals surface area contributed by atoms with Gasteiger partial charge >= 0.3 is 6.09 Å². The third-order valence-corrected chi connectivity index (χ3v) is 4.73. The Hall–Kier alpha value is -2.67. The van der Waals surface area contributed by atoms with Crippen LogP contribution in [0.3, 0.4) is 0 Å². The van der Waals surface area contributed by atoms with E-state index >= 15 is 0 Å². The minimum Gasteiger partial charge on any atom is -0.422 e. The number of amides is 1. The SMILES string of the molecule is O=C(c1nccn1CCc1ccccc1)C1CCN(C(=O)OCO)CC1.